The SMILES string of the molecule is CC(C)OC(=O)C(C(=O)c1ccccc1)C(C)(C)C. The fourth-order valence-corrected chi connectivity index (χ4v) is 1.92. The highest BCUT2D eigenvalue weighted by atomic mass is 16.5. The Morgan fingerprint density at radius 2 is 1.58 bits per heavy atom. The molecule has 0 N–H and O–H groups in total. The third-order valence-electron chi connectivity index (χ3n) is 2.77. The summed E-state index contributed by atoms with van der Waals surface area (Å²) >= 11 is 0. The monoisotopic (exact) mass is 262 g/mol. The summed E-state index contributed by atoms with van der Waals surface area (Å²) in [6.45, 7) is 9.19. The second-order valence-corrected chi connectivity index (χ2v) is 6.01. The van der Waals surface area contributed by atoms with E-state index in [1.807, 2.05) is 26.8 Å². The van der Waals surface area contributed by atoms with Gasteiger partial charge in [0.1, 0.15) is 5.92 Å². The minimum absolute atomic E-state index is 0.182. The second kappa shape index (κ2) is 6.00. The van der Waals surface area contributed by atoms with Crippen LogP contribution in [0.15, 0.2) is 30.3 Å². The highest BCUT2D eigenvalue weighted by Crippen LogP contribution is 2.30. The fraction of sp³-hybridized carbons (Fsp3) is 0.500. The largest absolute Gasteiger partial charge is 0.462 e. The van der Waals surface area contributed by atoms with Crippen molar-refractivity contribution in [1.82, 2.24) is 0 Å². The fourth-order valence-electron chi connectivity index (χ4n) is 1.92. The van der Waals surface area contributed by atoms with Crippen molar-refractivity contribution in [2.24, 2.45) is 11.3 Å². The Morgan fingerprint density at radius 1 is 1.05 bits per heavy atom. The zero-order chi connectivity index (χ0) is 14.6. The minimum atomic E-state index is -0.780. The second-order valence-electron chi connectivity index (χ2n) is 6.01. The van der Waals surface area contributed by atoms with Gasteiger partial charge < -0.3 is 4.74 Å². The molecule has 0 saturated heterocycles. The first-order valence-electron chi connectivity index (χ1n) is 6.53. The van der Waals surface area contributed by atoms with Crippen molar-refractivity contribution in [3.63, 3.8) is 0 Å². The van der Waals surface area contributed by atoms with E-state index in [1.165, 1.54) is 0 Å². The molecule has 0 aliphatic carbocycles. The molecule has 0 aromatic heterocycles. The molecular formula is C16H22O3. The molecule has 0 bridgehead atoms. The molecule has 0 radical (unpaired) electrons. The third kappa shape index (κ3) is 4.19. The van der Waals surface area contributed by atoms with Gasteiger partial charge in [-0.05, 0) is 19.3 Å². The van der Waals surface area contributed by atoms with E-state index in [4.69, 9.17) is 4.74 Å². The van der Waals surface area contributed by atoms with Gasteiger partial charge in [-0.15, -0.1) is 0 Å². The first-order valence-corrected chi connectivity index (χ1v) is 6.53. The summed E-state index contributed by atoms with van der Waals surface area (Å²) in [6.07, 6.45) is -0.221. The van der Waals surface area contributed by atoms with Crippen LogP contribution in [0.4, 0.5) is 0 Å². The number of ketones is 1. The Labute approximate surface area is 115 Å². The maximum absolute atomic E-state index is 12.5. The van der Waals surface area contributed by atoms with Gasteiger partial charge in [0.25, 0.3) is 0 Å². The van der Waals surface area contributed by atoms with Crippen LogP contribution in [0.5, 0.6) is 0 Å². The molecule has 3 heteroatoms. The quantitative estimate of drug-likeness (QED) is 0.474. The molecule has 1 atom stereocenters. The third-order valence-corrected chi connectivity index (χ3v) is 2.77. The van der Waals surface area contributed by atoms with E-state index in [1.54, 1.807) is 38.1 Å². The van der Waals surface area contributed by atoms with Gasteiger partial charge in [0.15, 0.2) is 5.78 Å². The maximum Gasteiger partial charge on any atom is 0.317 e. The van der Waals surface area contributed by atoms with Gasteiger partial charge in [-0.1, -0.05) is 51.1 Å². The van der Waals surface area contributed by atoms with Crippen LogP contribution in [0.25, 0.3) is 0 Å². The van der Waals surface area contributed by atoms with Gasteiger partial charge in [-0.3, -0.25) is 9.59 Å². The highest BCUT2D eigenvalue weighted by molar-refractivity contribution is 6.09. The Hall–Kier alpha value is -1.64. The first kappa shape index (κ1) is 15.4. The molecule has 1 unspecified atom stereocenters. The molecule has 0 fully saturated rings. The van der Waals surface area contributed by atoms with E-state index in [9.17, 15) is 9.59 Å². The first-order chi connectivity index (χ1) is 8.73. The molecule has 0 saturated carbocycles. The number of carbonyl (C=O) groups is 2. The molecule has 0 spiro atoms. The van der Waals surface area contributed by atoms with Crippen molar-refractivity contribution in [2.45, 2.75) is 40.7 Å². The van der Waals surface area contributed by atoms with Gasteiger partial charge in [0, 0.05) is 5.56 Å². The smallest absolute Gasteiger partial charge is 0.317 e. The molecule has 1 aromatic carbocycles. The normalized spacial score (nSPS) is 13.2. The van der Waals surface area contributed by atoms with Crippen molar-refractivity contribution in [3.05, 3.63) is 35.9 Å². The molecule has 1 rings (SSSR count). The summed E-state index contributed by atoms with van der Waals surface area (Å²) in [5.74, 6) is -1.41. The lowest BCUT2D eigenvalue weighted by molar-refractivity contribution is -0.153. The molecule has 0 amide bonds. The van der Waals surface area contributed by atoms with Crippen molar-refractivity contribution in [3.8, 4) is 0 Å². The van der Waals surface area contributed by atoms with Gasteiger partial charge in [-0.25, -0.2) is 0 Å². The number of benzene rings is 1. The van der Waals surface area contributed by atoms with Crippen LogP contribution in [0.3, 0.4) is 0 Å². The van der Waals surface area contributed by atoms with Crippen molar-refractivity contribution < 1.29 is 14.3 Å². The number of ether oxygens (including phenoxy) is 1. The topological polar surface area (TPSA) is 43.4 Å². The molecular weight excluding hydrogens is 240 g/mol. The highest BCUT2D eigenvalue weighted by Gasteiger charge is 2.39. The number of rotatable bonds is 4. The predicted molar refractivity (Wildman–Crippen MR) is 74.9 cm³/mol. The lowest BCUT2D eigenvalue weighted by Crippen LogP contribution is -2.38. The van der Waals surface area contributed by atoms with Gasteiger partial charge in [0.2, 0.25) is 0 Å². The van der Waals surface area contributed by atoms with Crippen LogP contribution in [0, 0.1) is 11.3 Å². The number of Topliss-reactive ketones (excluding diaryl/α,β-unsaturated/α-hetero) is 1. The molecule has 104 valence electrons. The van der Waals surface area contributed by atoms with Crippen molar-refractivity contribution in [1.29, 1.82) is 0 Å². The van der Waals surface area contributed by atoms with Gasteiger partial charge >= 0.3 is 5.97 Å². The average molecular weight is 262 g/mol. The Bertz CT molecular complexity index is 441. The molecule has 3 nitrogen and oxygen atoms in total. The summed E-state index contributed by atoms with van der Waals surface area (Å²) in [7, 11) is 0. The Balaban J connectivity index is 3.05. The van der Waals surface area contributed by atoms with E-state index in [2.05, 4.69) is 0 Å². The van der Waals surface area contributed by atoms with Crippen LogP contribution >= 0.6 is 0 Å². The van der Waals surface area contributed by atoms with Crippen molar-refractivity contribution >= 4 is 11.8 Å². The summed E-state index contributed by atoms with van der Waals surface area (Å²) in [4.78, 5) is 24.7. The molecule has 0 aliphatic heterocycles. The zero-order valence-corrected chi connectivity index (χ0v) is 12.3. The molecule has 19 heavy (non-hydrogen) atoms. The van der Waals surface area contributed by atoms with E-state index < -0.39 is 17.3 Å². The summed E-state index contributed by atoms with van der Waals surface area (Å²) in [5.41, 5.74) is 0.0713. The minimum Gasteiger partial charge on any atom is -0.462 e. The van der Waals surface area contributed by atoms with Crippen LogP contribution in [-0.2, 0) is 9.53 Å². The average Bonchev–Trinajstić information content (AvgIpc) is 2.27. The van der Waals surface area contributed by atoms with Crippen LogP contribution < -0.4 is 0 Å². The summed E-state index contributed by atoms with van der Waals surface area (Å²) < 4.78 is 5.22. The van der Waals surface area contributed by atoms with Gasteiger partial charge in [0.05, 0.1) is 6.10 Å². The van der Waals surface area contributed by atoms with Gasteiger partial charge in [-0.2, -0.15) is 0 Å². The van der Waals surface area contributed by atoms with E-state index in [-0.39, 0.29) is 11.9 Å². The van der Waals surface area contributed by atoms with Crippen LogP contribution in [0.2, 0.25) is 0 Å². The summed E-state index contributed by atoms with van der Waals surface area (Å²) in [5, 5.41) is 0. The summed E-state index contributed by atoms with van der Waals surface area (Å²) in [6, 6.07) is 8.88. The van der Waals surface area contributed by atoms with Crippen LogP contribution in [-0.4, -0.2) is 17.9 Å². The lowest BCUT2D eigenvalue weighted by atomic mass is 9.76. The van der Waals surface area contributed by atoms with E-state index in [0.717, 1.165) is 0 Å². The maximum atomic E-state index is 12.5. The Morgan fingerprint density at radius 3 is 2.00 bits per heavy atom. The zero-order valence-electron chi connectivity index (χ0n) is 12.3. The number of hydrogen-bond donors (Lipinski definition) is 0. The Kier molecular flexibility index (Phi) is 4.87. The number of esters is 1. The number of hydrogen-bond acceptors (Lipinski definition) is 3. The number of carbonyl (C=O) groups excluding carboxylic acids is 2. The standard InChI is InChI=1S/C16H22O3/c1-11(2)19-15(18)13(16(3,4)5)14(17)12-9-7-6-8-10-12/h6-11,13H,1-5H3. The molecule has 0 aliphatic rings. The van der Waals surface area contributed by atoms with E-state index in [0.29, 0.717) is 5.56 Å². The van der Waals surface area contributed by atoms with Crippen LogP contribution in [0.1, 0.15) is 45.0 Å². The molecule has 1 aromatic rings. The predicted octanol–water partition coefficient (Wildman–Crippen LogP) is 3.48. The molecule has 0 heterocycles. The van der Waals surface area contributed by atoms with E-state index >= 15 is 0 Å². The van der Waals surface area contributed by atoms with Crippen molar-refractivity contribution in [2.75, 3.05) is 0 Å². The lowest BCUT2D eigenvalue weighted by Gasteiger charge is -2.28.